The van der Waals surface area contributed by atoms with Gasteiger partial charge in [-0.05, 0) is 31.0 Å². The lowest BCUT2D eigenvalue weighted by atomic mass is 10.2. The van der Waals surface area contributed by atoms with Crippen molar-refractivity contribution < 1.29 is 14.3 Å². The van der Waals surface area contributed by atoms with Crippen LogP contribution in [-0.2, 0) is 14.3 Å². The summed E-state index contributed by atoms with van der Waals surface area (Å²) in [5, 5.41) is 0.282. The second-order valence-corrected chi connectivity index (χ2v) is 10.0. The van der Waals surface area contributed by atoms with Crippen LogP contribution in [0.25, 0.3) is 0 Å². The molecule has 4 nitrogen and oxygen atoms in total. The summed E-state index contributed by atoms with van der Waals surface area (Å²) in [6.07, 6.45) is 1.89. The SMILES string of the molecule is CC(C)(C)[Si](C)(C)OCCCCOON. The summed E-state index contributed by atoms with van der Waals surface area (Å²) in [7, 11) is -1.57. The molecule has 0 unspecified atom stereocenters. The monoisotopic (exact) mass is 235 g/mol. The lowest BCUT2D eigenvalue weighted by Crippen LogP contribution is -2.40. The van der Waals surface area contributed by atoms with Crippen molar-refractivity contribution in [3.8, 4) is 0 Å². The van der Waals surface area contributed by atoms with Crippen molar-refractivity contribution in [2.75, 3.05) is 13.2 Å². The highest BCUT2D eigenvalue weighted by Crippen LogP contribution is 2.36. The average molecular weight is 235 g/mol. The van der Waals surface area contributed by atoms with E-state index in [-0.39, 0.29) is 5.04 Å². The van der Waals surface area contributed by atoms with Crippen LogP contribution in [0.3, 0.4) is 0 Å². The third kappa shape index (κ3) is 6.27. The molecule has 0 heterocycles. The highest BCUT2D eigenvalue weighted by molar-refractivity contribution is 6.74. The molecule has 0 aliphatic rings. The smallest absolute Gasteiger partial charge is 0.191 e. The standard InChI is InChI=1S/C10H25NO3Si/c1-10(2,3)15(4,5)13-9-7-6-8-12-14-11/h6-9,11H2,1-5H3. The molecule has 0 spiro atoms. The summed E-state index contributed by atoms with van der Waals surface area (Å²) in [5.74, 6) is 4.72. The van der Waals surface area contributed by atoms with Crippen molar-refractivity contribution in [1.29, 1.82) is 0 Å². The summed E-state index contributed by atoms with van der Waals surface area (Å²) < 4.78 is 5.99. The van der Waals surface area contributed by atoms with Crippen molar-refractivity contribution in [2.45, 2.75) is 51.7 Å². The number of nitrogens with two attached hydrogens (primary N) is 1. The maximum atomic E-state index is 5.99. The van der Waals surface area contributed by atoms with Gasteiger partial charge in [-0.1, -0.05) is 20.8 Å². The van der Waals surface area contributed by atoms with Crippen LogP contribution in [-0.4, -0.2) is 21.5 Å². The molecule has 0 bridgehead atoms. The van der Waals surface area contributed by atoms with Gasteiger partial charge in [0, 0.05) is 6.61 Å². The van der Waals surface area contributed by atoms with E-state index in [1.54, 1.807) is 0 Å². The first-order valence-corrected chi connectivity index (χ1v) is 8.34. The van der Waals surface area contributed by atoms with Crippen molar-refractivity contribution in [3.63, 3.8) is 0 Å². The molecule has 0 amide bonds. The maximum absolute atomic E-state index is 5.99. The third-order valence-electron chi connectivity index (χ3n) is 2.96. The Morgan fingerprint density at radius 1 is 1.07 bits per heavy atom. The van der Waals surface area contributed by atoms with Gasteiger partial charge in [0.2, 0.25) is 0 Å². The highest BCUT2D eigenvalue weighted by Gasteiger charge is 2.36. The quantitative estimate of drug-likeness (QED) is 0.319. The summed E-state index contributed by atoms with van der Waals surface area (Å²) in [6, 6.07) is 0. The minimum atomic E-state index is -1.57. The fraction of sp³-hybridized carbons (Fsp3) is 1.00. The molecule has 2 N–H and O–H groups in total. The van der Waals surface area contributed by atoms with Crippen molar-refractivity contribution in [1.82, 2.24) is 0 Å². The van der Waals surface area contributed by atoms with Crippen LogP contribution in [0.4, 0.5) is 0 Å². The molecule has 0 fully saturated rings. The molecule has 5 heteroatoms. The van der Waals surface area contributed by atoms with Crippen LogP contribution < -0.4 is 5.90 Å². The Hall–Kier alpha value is 0.0569. The zero-order valence-corrected chi connectivity index (χ0v) is 11.6. The molecular weight excluding hydrogens is 210 g/mol. The first-order valence-electron chi connectivity index (χ1n) is 5.43. The van der Waals surface area contributed by atoms with Gasteiger partial charge in [-0.25, -0.2) is 4.89 Å². The van der Waals surface area contributed by atoms with E-state index in [1.807, 2.05) is 0 Å². The van der Waals surface area contributed by atoms with E-state index < -0.39 is 8.32 Å². The van der Waals surface area contributed by atoms with Gasteiger partial charge < -0.3 is 4.43 Å². The third-order valence-corrected chi connectivity index (χ3v) is 7.50. The number of rotatable bonds is 7. The fourth-order valence-electron chi connectivity index (χ4n) is 0.855. The van der Waals surface area contributed by atoms with E-state index in [0.29, 0.717) is 6.61 Å². The summed E-state index contributed by atoms with van der Waals surface area (Å²) in [4.78, 5) is 8.58. The van der Waals surface area contributed by atoms with Crippen LogP contribution >= 0.6 is 0 Å². The molecule has 92 valence electrons. The highest BCUT2D eigenvalue weighted by atomic mass is 28.4. The molecule has 0 aromatic heterocycles. The van der Waals surface area contributed by atoms with Gasteiger partial charge in [-0.15, -0.1) is 4.99 Å². The van der Waals surface area contributed by atoms with Crippen LogP contribution in [0.5, 0.6) is 0 Å². The minimum absolute atomic E-state index is 0.282. The fourth-order valence-corrected chi connectivity index (χ4v) is 1.94. The Bertz CT molecular complexity index is 169. The second-order valence-electron chi connectivity index (χ2n) is 5.23. The minimum Gasteiger partial charge on any atom is -0.417 e. The Labute approximate surface area is 94.1 Å². The predicted octanol–water partition coefficient (Wildman–Crippen LogP) is 2.61. The predicted molar refractivity (Wildman–Crippen MR) is 63.6 cm³/mol. The zero-order chi connectivity index (χ0) is 11.9. The van der Waals surface area contributed by atoms with Gasteiger partial charge in [-0.3, -0.25) is 0 Å². The van der Waals surface area contributed by atoms with Gasteiger partial charge in [0.05, 0.1) is 6.61 Å². The Balaban J connectivity index is 3.58. The molecule has 0 saturated carbocycles. The van der Waals surface area contributed by atoms with Crippen molar-refractivity contribution >= 4 is 8.32 Å². The largest absolute Gasteiger partial charge is 0.417 e. The first-order chi connectivity index (χ1) is 6.81. The van der Waals surface area contributed by atoms with Crippen LogP contribution in [0, 0.1) is 0 Å². The van der Waals surface area contributed by atoms with E-state index in [4.69, 9.17) is 10.3 Å². The molecule has 0 radical (unpaired) electrons. The lowest BCUT2D eigenvalue weighted by Gasteiger charge is -2.36. The summed E-state index contributed by atoms with van der Waals surface area (Å²) in [6.45, 7) is 12.6. The molecule has 0 rings (SSSR count). The molecule has 0 saturated heterocycles. The van der Waals surface area contributed by atoms with E-state index in [0.717, 1.165) is 19.4 Å². The van der Waals surface area contributed by atoms with Crippen LogP contribution in [0.1, 0.15) is 33.6 Å². The van der Waals surface area contributed by atoms with Gasteiger partial charge >= 0.3 is 0 Å². The average Bonchev–Trinajstić information content (AvgIpc) is 2.09. The van der Waals surface area contributed by atoms with E-state index in [9.17, 15) is 0 Å². The van der Waals surface area contributed by atoms with Gasteiger partial charge in [-0.2, -0.15) is 5.90 Å². The molecule has 0 aliphatic heterocycles. The van der Waals surface area contributed by atoms with Crippen molar-refractivity contribution in [2.24, 2.45) is 5.90 Å². The molecule has 0 atom stereocenters. The van der Waals surface area contributed by atoms with E-state index >= 15 is 0 Å². The maximum Gasteiger partial charge on any atom is 0.191 e. The molecular formula is C10H25NO3Si. The van der Waals surface area contributed by atoms with Crippen LogP contribution in [0.15, 0.2) is 0 Å². The van der Waals surface area contributed by atoms with E-state index in [1.165, 1.54) is 0 Å². The normalized spacial score (nSPS) is 13.2. The Kier molecular flexibility index (Phi) is 6.62. The second kappa shape index (κ2) is 6.60. The first kappa shape index (κ1) is 15.1. The van der Waals surface area contributed by atoms with Gasteiger partial charge in [0.25, 0.3) is 0 Å². The number of hydrogen-bond acceptors (Lipinski definition) is 4. The van der Waals surface area contributed by atoms with E-state index in [2.05, 4.69) is 43.7 Å². The lowest BCUT2D eigenvalue weighted by molar-refractivity contribution is -0.300. The van der Waals surface area contributed by atoms with Crippen molar-refractivity contribution in [3.05, 3.63) is 0 Å². The van der Waals surface area contributed by atoms with Gasteiger partial charge in [0.15, 0.2) is 8.32 Å². The molecule has 15 heavy (non-hydrogen) atoms. The van der Waals surface area contributed by atoms with Crippen LogP contribution in [0.2, 0.25) is 18.1 Å². The molecule has 0 aromatic carbocycles. The molecule has 0 aromatic rings. The Morgan fingerprint density at radius 2 is 1.60 bits per heavy atom. The molecule has 0 aliphatic carbocycles. The summed E-state index contributed by atoms with van der Waals surface area (Å²) in [5.41, 5.74) is 0. The number of hydrogen-bond donors (Lipinski definition) is 1. The zero-order valence-electron chi connectivity index (χ0n) is 10.6. The topological polar surface area (TPSA) is 53.7 Å². The Morgan fingerprint density at radius 3 is 2.07 bits per heavy atom. The number of unbranched alkanes of at least 4 members (excludes halogenated alkanes) is 1. The van der Waals surface area contributed by atoms with Gasteiger partial charge in [0.1, 0.15) is 0 Å². The summed E-state index contributed by atoms with van der Waals surface area (Å²) >= 11 is 0.